The van der Waals surface area contributed by atoms with Gasteiger partial charge in [-0.1, -0.05) is 6.07 Å². The number of rotatable bonds is 3. The van der Waals surface area contributed by atoms with Crippen molar-refractivity contribution in [2.45, 2.75) is 25.3 Å². The van der Waals surface area contributed by atoms with Gasteiger partial charge in [-0.2, -0.15) is 5.26 Å². The standard InChI is InChI=1S/C13H16N2O/c1-16-12-6-3-5-11(8-12)15-13-7-2-4-10(13)9-14/h3,5-6,8,10,13,15H,2,4,7H2,1H3. The highest BCUT2D eigenvalue weighted by Gasteiger charge is 2.26. The molecule has 0 amide bonds. The SMILES string of the molecule is COc1cccc(NC2CCCC2C#N)c1. The Bertz CT molecular complexity index is 397. The summed E-state index contributed by atoms with van der Waals surface area (Å²) >= 11 is 0. The van der Waals surface area contributed by atoms with Gasteiger partial charge in [0.05, 0.1) is 19.1 Å². The summed E-state index contributed by atoms with van der Waals surface area (Å²) in [6, 6.07) is 10.5. The van der Waals surface area contributed by atoms with Gasteiger partial charge in [0.1, 0.15) is 5.75 Å². The Labute approximate surface area is 96.0 Å². The lowest BCUT2D eigenvalue weighted by Gasteiger charge is -2.17. The van der Waals surface area contributed by atoms with Crippen molar-refractivity contribution in [1.29, 1.82) is 5.26 Å². The van der Waals surface area contributed by atoms with Crippen molar-refractivity contribution in [2.75, 3.05) is 12.4 Å². The third-order valence-corrected chi connectivity index (χ3v) is 3.10. The third kappa shape index (κ3) is 2.27. The lowest BCUT2D eigenvalue weighted by Crippen LogP contribution is -2.22. The highest BCUT2D eigenvalue weighted by molar-refractivity contribution is 5.49. The van der Waals surface area contributed by atoms with Gasteiger partial charge in [-0.25, -0.2) is 0 Å². The Morgan fingerprint density at radius 3 is 3.06 bits per heavy atom. The van der Waals surface area contributed by atoms with Crippen LogP contribution in [0.3, 0.4) is 0 Å². The zero-order chi connectivity index (χ0) is 11.4. The van der Waals surface area contributed by atoms with Crippen LogP contribution >= 0.6 is 0 Å². The molecule has 0 aromatic heterocycles. The normalized spacial score (nSPS) is 23.8. The minimum absolute atomic E-state index is 0.145. The Kier molecular flexibility index (Phi) is 3.31. The first-order valence-electron chi connectivity index (χ1n) is 5.63. The van der Waals surface area contributed by atoms with Gasteiger partial charge in [0.25, 0.3) is 0 Å². The molecule has 2 unspecified atom stereocenters. The van der Waals surface area contributed by atoms with E-state index in [1.807, 2.05) is 24.3 Å². The summed E-state index contributed by atoms with van der Waals surface area (Å²) < 4.78 is 5.17. The summed E-state index contributed by atoms with van der Waals surface area (Å²) in [6.45, 7) is 0. The van der Waals surface area contributed by atoms with Crippen molar-refractivity contribution in [3.8, 4) is 11.8 Å². The first-order chi connectivity index (χ1) is 7.83. The molecule has 84 valence electrons. The van der Waals surface area contributed by atoms with Crippen molar-refractivity contribution in [1.82, 2.24) is 0 Å². The zero-order valence-electron chi connectivity index (χ0n) is 9.44. The van der Waals surface area contributed by atoms with E-state index in [9.17, 15) is 0 Å². The van der Waals surface area contributed by atoms with Crippen LogP contribution in [0.1, 0.15) is 19.3 Å². The van der Waals surface area contributed by atoms with E-state index in [-0.39, 0.29) is 12.0 Å². The van der Waals surface area contributed by atoms with Crippen LogP contribution < -0.4 is 10.1 Å². The Morgan fingerprint density at radius 1 is 1.44 bits per heavy atom. The van der Waals surface area contributed by atoms with Crippen LogP contribution in [-0.2, 0) is 0 Å². The molecule has 2 rings (SSSR count). The minimum Gasteiger partial charge on any atom is -0.497 e. The van der Waals surface area contributed by atoms with Crippen LogP contribution in [0, 0.1) is 17.2 Å². The van der Waals surface area contributed by atoms with Crippen LogP contribution in [0.4, 0.5) is 5.69 Å². The number of nitrogens with one attached hydrogen (secondary N) is 1. The number of hydrogen-bond donors (Lipinski definition) is 1. The average Bonchev–Trinajstić information content (AvgIpc) is 2.76. The predicted octanol–water partition coefficient (Wildman–Crippen LogP) is 2.80. The quantitative estimate of drug-likeness (QED) is 0.845. The molecule has 1 aliphatic carbocycles. The largest absolute Gasteiger partial charge is 0.497 e. The van der Waals surface area contributed by atoms with Crippen LogP contribution in [0.2, 0.25) is 0 Å². The van der Waals surface area contributed by atoms with Crippen molar-refractivity contribution < 1.29 is 4.74 Å². The first-order valence-corrected chi connectivity index (χ1v) is 5.63. The average molecular weight is 216 g/mol. The zero-order valence-corrected chi connectivity index (χ0v) is 9.44. The molecule has 0 aliphatic heterocycles. The van der Waals surface area contributed by atoms with Crippen molar-refractivity contribution in [3.63, 3.8) is 0 Å². The molecule has 1 N–H and O–H groups in total. The summed E-state index contributed by atoms with van der Waals surface area (Å²) in [6.07, 6.45) is 3.23. The highest BCUT2D eigenvalue weighted by atomic mass is 16.5. The number of nitrogens with zero attached hydrogens (tertiary/aromatic N) is 1. The van der Waals surface area contributed by atoms with Crippen LogP contribution in [-0.4, -0.2) is 13.2 Å². The number of nitriles is 1. The Morgan fingerprint density at radius 2 is 2.31 bits per heavy atom. The molecular formula is C13H16N2O. The van der Waals surface area contributed by atoms with Gasteiger partial charge in [-0.05, 0) is 31.4 Å². The van der Waals surface area contributed by atoms with E-state index >= 15 is 0 Å². The minimum atomic E-state index is 0.145. The molecule has 1 aliphatic rings. The first kappa shape index (κ1) is 10.8. The van der Waals surface area contributed by atoms with Gasteiger partial charge in [0.2, 0.25) is 0 Å². The van der Waals surface area contributed by atoms with E-state index in [1.165, 1.54) is 0 Å². The maximum absolute atomic E-state index is 9.00. The van der Waals surface area contributed by atoms with E-state index in [2.05, 4.69) is 11.4 Å². The van der Waals surface area contributed by atoms with Crippen LogP contribution in [0.5, 0.6) is 5.75 Å². The monoisotopic (exact) mass is 216 g/mol. The topological polar surface area (TPSA) is 45.0 Å². The number of hydrogen-bond acceptors (Lipinski definition) is 3. The van der Waals surface area contributed by atoms with Gasteiger partial charge in [0, 0.05) is 17.8 Å². The van der Waals surface area contributed by atoms with Crippen molar-refractivity contribution >= 4 is 5.69 Å². The molecule has 1 fully saturated rings. The second kappa shape index (κ2) is 4.89. The summed E-state index contributed by atoms with van der Waals surface area (Å²) in [4.78, 5) is 0. The summed E-state index contributed by atoms with van der Waals surface area (Å²) in [7, 11) is 1.66. The molecule has 0 spiro atoms. The Balaban J connectivity index is 2.06. The molecule has 3 nitrogen and oxygen atoms in total. The fraction of sp³-hybridized carbons (Fsp3) is 0.462. The van der Waals surface area contributed by atoms with E-state index in [4.69, 9.17) is 10.00 Å². The maximum Gasteiger partial charge on any atom is 0.120 e. The lowest BCUT2D eigenvalue weighted by atomic mass is 10.1. The van der Waals surface area contributed by atoms with Gasteiger partial charge >= 0.3 is 0 Å². The molecule has 1 saturated carbocycles. The summed E-state index contributed by atoms with van der Waals surface area (Å²) in [5, 5.41) is 12.4. The number of ether oxygens (including phenoxy) is 1. The van der Waals surface area contributed by atoms with E-state index in [1.54, 1.807) is 7.11 Å². The summed E-state index contributed by atoms with van der Waals surface area (Å²) in [5.74, 6) is 0.989. The molecule has 0 bridgehead atoms. The highest BCUT2D eigenvalue weighted by Crippen LogP contribution is 2.28. The van der Waals surface area contributed by atoms with E-state index < -0.39 is 0 Å². The maximum atomic E-state index is 9.00. The molecular weight excluding hydrogens is 200 g/mol. The fourth-order valence-corrected chi connectivity index (χ4v) is 2.21. The fourth-order valence-electron chi connectivity index (χ4n) is 2.21. The van der Waals surface area contributed by atoms with Crippen molar-refractivity contribution in [2.24, 2.45) is 5.92 Å². The molecule has 0 heterocycles. The second-order valence-electron chi connectivity index (χ2n) is 4.15. The molecule has 2 atom stereocenters. The molecule has 16 heavy (non-hydrogen) atoms. The number of methoxy groups -OCH3 is 1. The Hall–Kier alpha value is -1.69. The third-order valence-electron chi connectivity index (χ3n) is 3.10. The number of anilines is 1. The van der Waals surface area contributed by atoms with Gasteiger partial charge < -0.3 is 10.1 Å². The van der Waals surface area contributed by atoms with Crippen LogP contribution in [0.25, 0.3) is 0 Å². The molecule has 3 heteroatoms. The summed E-state index contributed by atoms with van der Waals surface area (Å²) in [5.41, 5.74) is 1.03. The van der Waals surface area contributed by atoms with Crippen molar-refractivity contribution in [3.05, 3.63) is 24.3 Å². The van der Waals surface area contributed by atoms with E-state index in [0.717, 1.165) is 30.7 Å². The smallest absolute Gasteiger partial charge is 0.120 e. The predicted molar refractivity (Wildman–Crippen MR) is 63.4 cm³/mol. The van der Waals surface area contributed by atoms with Crippen LogP contribution in [0.15, 0.2) is 24.3 Å². The van der Waals surface area contributed by atoms with E-state index in [0.29, 0.717) is 0 Å². The molecule has 0 saturated heterocycles. The molecule has 0 radical (unpaired) electrons. The lowest BCUT2D eigenvalue weighted by molar-refractivity contribution is 0.415. The van der Waals surface area contributed by atoms with Gasteiger partial charge in [0.15, 0.2) is 0 Å². The second-order valence-corrected chi connectivity index (χ2v) is 4.15. The van der Waals surface area contributed by atoms with Gasteiger partial charge in [-0.3, -0.25) is 0 Å². The molecule has 1 aromatic rings. The molecule has 1 aromatic carbocycles. The number of benzene rings is 1. The van der Waals surface area contributed by atoms with Gasteiger partial charge in [-0.15, -0.1) is 0 Å².